The maximum atomic E-state index is 12.8. The van der Waals surface area contributed by atoms with Gasteiger partial charge in [0, 0.05) is 6.42 Å². The second kappa shape index (κ2) is 4.23. The average molecular weight is 247 g/mol. The molecule has 0 amide bonds. The Bertz CT molecular complexity index is 341. The molecular weight excluding hydrogens is 239 g/mol. The molecular formula is C8H8BrFN2O. The maximum absolute atomic E-state index is 12.8. The number of nitrogens with two attached hydrogens (primary N) is 1. The third-order valence-corrected chi connectivity index (χ3v) is 2.11. The Kier molecular flexibility index (Phi) is 3.25. The molecule has 0 radical (unpaired) electrons. The SMILES string of the molecule is NC(Cc1ccc(F)c(Br)c1)=NO. The molecule has 0 aromatic heterocycles. The van der Waals surface area contributed by atoms with Crippen molar-refractivity contribution in [1.82, 2.24) is 0 Å². The number of benzene rings is 1. The van der Waals surface area contributed by atoms with Gasteiger partial charge in [0.2, 0.25) is 0 Å². The van der Waals surface area contributed by atoms with Crippen LogP contribution in [-0.4, -0.2) is 11.0 Å². The summed E-state index contributed by atoms with van der Waals surface area (Å²) in [6.45, 7) is 0. The molecule has 0 unspecified atom stereocenters. The minimum Gasteiger partial charge on any atom is -0.409 e. The molecule has 0 aliphatic rings. The molecule has 13 heavy (non-hydrogen) atoms. The van der Waals surface area contributed by atoms with Crippen molar-refractivity contribution in [3.63, 3.8) is 0 Å². The van der Waals surface area contributed by atoms with Gasteiger partial charge in [-0.3, -0.25) is 0 Å². The monoisotopic (exact) mass is 246 g/mol. The van der Waals surface area contributed by atoms with Crippen LogP contribution in [0.4, 0.5) is 4.39 Å². The molecule has 3 nitrogen and oxygen atoms in total. The molecule has 5 heteroatoms. The maximum Gasteiger partial charge on any atom is 0.143 e. The molecule has 0 atom stereocenters. The smallest absolute Gasteiger partial charge is 0.143 e. The van der Waals surface area contributed by atoms with Crippen LogP contribution in [0.2, 0.25) is 0 Å². The van der Waals surface area contributed by atoms with E-state index in [1.807, 2.05) is 0 Å². The molecule has 0 fully saturated rings. The van der Waals surface area contributed by atoms with Crippen molar-refractivity contribution >= 4 is 21.8 Å². The highest BCUT2D eigenvalue weighted by Gasteiger charge is 2.02. The van der Waals surface area contributed by atoms with Gasteiger partial charge in [-0.05, 0) is 33.6 Å². The van der Waals surface area contributed by atoms with Crippen LogP contribution in [0.5, 0.6) is 0 Å². The molecule has 0 aliphatic carbocycles. The summed E-state index contributed by atoms with van der Waals surface area (Å²) >= 11 is 3.04. The zero-order valence-electron chi connectivity index (χ0n) is 6.67. The van der Waals surface area contributed by atoms with Gasteiger partial charge in [-0.2, -0.15) is 0 Å². The average Bonchev–Trinajstić information content (AvgIpc) is 2.11. The lowest BCUT2D eigenvalue weighted by Crippen LogP contribution is -2.14. The normalized spacial score (nSPS) is 11.7. The van der Waals surface area contributed by atoms with Gasteiger partial charge >= 0.3 is 0 Å². The standard InChI is InChI=1S/C8H8BrFN2O/c9-6-3-5(1-2-7(6)10)4-8(11)12-13/h1-3,13H,4H2,(H2,11,12). The van der Waals surface area contributed by atoms with E-state index >= 15 is 0 Å². The fourth-order valence-electron chi connectivity index (χ4n) is 0.894. The Hall–Kier alpha value is -1.10. The lowest BCUT2D eigenvalue weighted by molar-refractivity contribution is 0.317. The first kappa shape index (κ1) is 9.98. The van der Waals surface area contributed by atoms with E-state index < -0.39 is 0 Å². The Morgan fingerprint density at radius 2 is 2.31 bits per heavy atom. The van der Waals surface area contributed by atoms with Crippen LogP contribution < -0.4 is 5.73 Å². The third-order valence-electron chi connectivity index (χ3n) is 1.50. The summed E-state index contributed by atoms with van der Waals surface area (Å²) in [6, 6.07) is 4.50. The quantitative estimate of drug-likeness (QED) is 0.363. The number of oxime groups is 1. The minimum absolute atomic E-state index is 0.0958. The van der Waals surface area contributed by atoms with Crippen molar-refractivity contribution in [2.75, 3.05) is 0 Å². The molecule has 0 saturated carbocycles. The van der Waals surface area contributed by atoms with Crippen LogP contribution in [0.1, 0.15) is 5.56 Å². The Morgan fingerprint density at radius 1 is 1.62 bits per heavy atom. The second-order valence-corrected chi connectivity index (χ2v) is 3.37. The highest BCUT2D eigenvalue weighted by atomic mass is 79.9. The number of hydrogen-bond donors (Lipinski definition) is 2. The first-order chi connectivity index (χ1) is 6.13. The second-order valence-electron chi connectivity index (χ2n) is 2.52. The summed E-state index contributed by atoms with van der Waals surface area (Å²) in [7, 11) is 0. The topological polar surface area (TPSA) is 58.6 Å². The van der Waals surface area contributed by atoms with Gasteiger partial charge in [0.25, 0.3) is 0 Å². The highest BCUT2D eigenvalue weighted by Crippen LogP contribution is 2.16. The summed E-state index contributed by atoms with van der Waals surface area (Å²) < 4.78 is 13.1. The van der Waals surface area contributed by atoms with Crippen LogP contribution in [-0.2, 0) is 6.42 Å². The van der Waals surface area contributed by atoms with Gasteiger partial charge in [-0.15, -0.1) is 0 Å². The predicted octanol–water partition coefficient (Wildman–Crippen LogP) is 1.88. The lowest BCUT2D eigenvalue weighted by atomic mass is 10.1. The van der Waals surface area contributed by atoms with Crippen molar-refractivity contribution in [1.29, 1.82) is 0 Å². The predicted molar refractivity (Wildman–Crippen MR) is 51.2 cm³/mol. The molecule has 0 heterocycles. The molecule has 1 rings (SSSR count). The van der Waals surface area contributed by atoms with Gasteiger partial charge < -0.3 is 10.9 Å². The zero-order chi connectivity index (χ0) is 9.84. The van der Waals surface area contributed by atoms with E-state index in [2.05, 4.69) is 21.1 Å². The molecule has 1 aromatic carbocycles. The van der Waals surface area contributed by atoms with Crippen LogP contribution in [0.3, 0.4) is 0 Å². The van der Waals surface area contributed by atoms with E-state index in [-0.39, 0.29) is 11.7 Å². The first-order valence-corrected chi connectivity index (χ1v) is 4.33. The molecule has 1 aromatic rings. The third kappa shape index (κ3) is 2.69. The van der Waals surface area contributed by atoms with Crippen LogP contribution >= 0.6 is 15.9 Å². The molecule has 3 N–H and O–H groups in total. The summed E-state index contributed by atoms with van der Waals surface area (Å²) in [6.07, 6.45) is 0.301. The fourth-order valence-corrected chi connectivity index (χ4v) is 1.32. The molecule has 0 bridgehead atoms. The van der Waals surface area contributed by atoms with Gasteiger partial charge in [0.15, 0.2) is 0 Å². The fraction of sp³-hybridized carbons (Fsp3) is 0.125. The van der Waals surface area contributed by atoms with Crippen molar-refractivity contribution < 1.29 is 9.60 Å². The Morgan fingerprint density at radius 3 is 2.85 bits per heavy atom. The van der Waals surface area contributed by atoms with E-state index in [1.165, 1.54) is 6.07 Å². The summed E-state index contributed by atoms with van der Waals surface area (Å²) in [5.74, 6) is -0.234. The number of amidine groups is 1. The Balaban J connectivity index is 2.86. The summed E-state index contributed by atoms with van der Waals surface area (Å²) in [4.78, 5) is 0. The van der Waals surface area contributed by atoms with Crippen LogP contribution in [0.25, 0.3) is 0 Å². The van der Waals surface area contributed by atoms with E-state index in [0.717, 1.165) is 5.56 Å². The highest BCUT2D eigenvalue weighted by molar-refractivity contribution is 9.10. The van der Waals surface area contributed by atoms with E-state index in [1.54, 1.807) is 12.1 Å². The Labute approximate surface area is 83.2 Å². The van der Waals surface area contributed by atoms with Crippen molar-refractivity contribution in [2.45, 2.75) is 6.42 Å². The summed E-state index contributed by atoms with van der Waals surface area (Å²) in [5, 5.41) is 11.1. The van der Waals surface area contributed by atoms with Crippen molar-refractivity contribution in [3.05, 3.63) is 34.1 Å². The van der Waals surface area contributed by atoms with Gasteiger partial charge in [-0.25, -0.2) is 4.39 Å². The van der Waals surface area contributed by atoms with Crippen molar-refractivity contribution in [2.24, 2.45) is 10.9 Å². The molecule has 0 aliphatic heterocycles. The molecule has 70 valence electrons. The van der Waals surface area contributed by atoms with E-state index in [4.69, 9.17) is 10.9 Å². The first-order valence-electron chi connectivity index (χ1n) is 3.54. The zero-order valence-corrected chi connectivity index (χ0v) is 8.25. The van der Waals surface area contributed by atoms with Gasteiger partial charge in [0.05, 0.1) is 4.47 Å². The largest absolute Gasteiger partial charge is 0.409 e. The molecule has 0 saturated heterocycles. The number of rotatable bonds is 2. The number of nitrogens with zero attached hydrogens (tertiary/aromatic N) is 1. The number of halogens is 2. The van der Waals surface area contributed by atoms with Gasteiger partial charge in [-0.1, -0.05) is 11.2 Å². The van der Waals surface area contributed by atoms with E-state index in [9.17, 15) is 4.39 Å². The number of hydrogen-bond acceptors (Lipinski definition) is 2. The van der Waals surface area contributed by atoms with Crippen LogP contribution in [0.15, 0.2) is 27.8 Å². The molecule has 0 spiro atoms. The lowest BCUT2D eigenvalue weighted by Gasteiger charge is -2.00. The van der Waals surface area contributed by atoms with E-state index in [0.29, 0.717) is 10.9 Å². The summed E-state index contributed by atoms with van der Waals surface area (Å²) in [5.41, 5.74) is 6.07. The van der Waals surface area contributed by atoms with Crippen LogP contribution in [0, 0.1) is 5.82 Å². The van der Waals surface area contributed by atoms with Gasteiger partial charge in [0.1, 0.15) is 11.7 Å². The minimum atomic E-state index is -0.330. The van der Waals surface area contributed by atoms with Crippen molar-refractivity contribution in [3.8, 4) is 0 Å².